The first kappa shape index (κ1) is 15.9. The standard InChI is InChI=1S/C13H19N3O4/c1-9-6-14-4-3-10(9)7-15-13(19)16-8-11(20-2)5-12(17)18/h3-4,6,11H,5,7-8H2,1-2H3,(H,17,18)(H2,15,16,19). The lowest BCUT2D eigenvalue weighted by molar-refractivity contribution is -0.139. The molecule has 1 unspecified atom stereocenters. The van der Waals surface area contributed by atoms with E-state index in [1.54, 1.807) is 12.4 Å². The lowest BCUT2D eigenvalue weighted by Crippen LogP contribution is -2.40. The van der Waals surface area contributed by atoms with Crippen LogP contribution in [0.5, 0.6) is 0 Å². The van der Waals surface area contributed by atoms with Gasteiger partial charge < -0.3 is 20.5 Å². The second-order valence-electron chi connectivity index (χ2n) is 4.32. The maximum absolute atomic E-state index is 11.6. The van der Waals surface area contributed by atoms with Gasteiger partial charge in [-0.05, 0) is 24.1 Å². The maximum Gasteiger partial charge on any atom is 0.315 e. The Kier molecular flexibility index (Phi) is 6.45. The van der Waals surface area contributed by atoms with E-state index in [4.69, 9.17) is 9.84 Å². The number of nitrogens with zero attached hydrogens (tertiary/aromatic N) is 1. The molecular formula is C13H19N3O4. The van der Waals surface area contributed by atoms with Crippen LogP contribution in [0.3, 0.4) is 0 Å². The molecule has 0 aliphatic rings. The SMILES string of the molecule is COC(CNC(=O)NCc1ccncc1C)CC(=O)O. The summed E-state index contributed by atoms with van der Waals surface area (Å²) in [4.78, 5) is 26.1. The number of urea groups is 1. The van der Waals surface area contributed by atoms with Gasteiger partial charge in [-0.15, -0.1) is 0 Å². The number of carboxylic acids is 1. The van der Waals surface area contributed by atoms with Crippen LogP contribution < -0.4 is 10.6 Å². The van der Waals surface area contributed by atoms with Crippen molar-refractivity contribution in [3.05, 3.63) is 29.6 Å². The first-order chi connectivity index (χ1) is 9.52. The lowest BCUT2D eigenvalue weighted by atomic mass is 10.1. The van der Waals surface area contributed by atoms with E-state index in [2.05, 4.69) is 15.6 Å². The third kappa shape index (κ3) is 5.66. The van der Waals surface area contributed by atoms with Gasteiger partial charge in [0.05, 0.1) is 12.5 Å². The number of rotatable bonds is 7. The Hall–Kier alpha value is -2.15. The molecule has 0 bridgehead atoms. The van der Waals surface area contributed by atoms with E-state index >= 15 is 0 Å². The minimum atomic E-state index is -0.966. The van der Waals surface area contributed by atoms with Crippen molar-refractivity contribution >= 4 is 12.0 Å². The number of pyridine rings is 1. The van der Waals surface area contributed by atoms with E-state index < -0.39 is 12.1 Å². The molecule has 3 N–H and O–H groups in total. The molecule has 7 nitrogen and oxygen atoms in total. The van der Waals surface area contributed by atoms with E-state index in [1.807, 2.05) is 13.0 Å². The molecule has 0 aliphatic heterocycles. The average molecular weight is 281 g/mol. The topological polar surface area (TPSA) is 101 Å². The van der Waals surface area contributed by atoms with Gasteiger partial charge in [0, 0.05) is 32.6 Å². The predicted molar refractivity (Wildman–Crippen MR) is 72.3 cm³/mol. The monoisotopic (exact) mass is 281 g/mol. The summed E-state index contributed by atoms with van der Waals surface area (Å²) in [5, 5.41) is 13.9. The van der Waals surface area contributed by atoms with Crippen LogP contribution in [0, 0.1) is 6.92 Å². The molecule has 0 saturated heterocycles. The number of methoxy groups -OCH3 is 1. The quantitative estimate of drug-likeness (QED) is 0.682. The number of carboxylic acid groups (broad SMARTS) is 1. The van der Waals surface area contributed by atoms with Crippen LogP contribution in [-0.4, -0.2) is 41.8 Å². The van der Waals surface area contributed by atoms with E-state index in [1.165, 1.54) is 7.11 Å². The Morgan fingerprint density at radius 3 is 2.80 bits per heavy atom. The van der Waals surface area contributed by atoms with Gasteiger partial charge in [0.2, 0.25) is 0 Å². The molecule has 1 aromatic rings. The van der Waals surface area contributed by atoms with Gasteiger partial charge in [0.15, 0.2) is 0 Å². The molecular weight excluding hydrogens is 262 g/mol. The predicted octanol–water partition coefficient (Wildman–Crippen LogP) is 0.679. The van der Waals surface area contributed by atoms with E-state index in [0.717, 1.165) is 11.1 Å². The van der Waals surface area contributed by atoms with Crippen molar-refractivity contribution in [3.8, 4) is 0 Å². The van der Waals surface area contributed by atoms with Crippen molar-refractivity contribution in [1.82, 2.24) is 15.6 Å². The second kappa shape index (κ2) is 8.11. The fourth-order valence-corrected chi connectivity index (χ4v) is 1.58. The molecule has 110 valence electrons. The van der Waals surface area contributed by atoms with E-state index in [-0.39, 0.29) is 19.0 Å². The summed E-state index contributed by atoms with van der Waals surface area (Å²) in [6, 6.07) is 1.46. The molecule has 0 fully saturated rings. The third-order valence-electron chi connectivity index (χ3n) is 2.80. The number of hydrogen-bond acceptors (Lipinski definition) is 4. The largest absolute Gasteiger partial charge is 0.481 e. The summed E-state index contributed by atoms with van der Waals surface area (Å²) < 4.78 is 4.96. The molecule has 20 heavy (non-hydrogen) atoms. The molecule has 0 radical (unpaired) electrons. The zero-order valence-corrected chi connectivity index (χ0v) is 11.5. The van der Waals surface area contributed by atoms with Crippen LogP contribution in [0.15, 0.2) is 18.5 Å². The summed E-state index contributed by atoms with van der Waals surface area (Å²) in [6.07, 6.45) is 2.69. The van der Waals surface area contributed by atoms with Crippen LogP contribution >= 0.6 is 0 Å². The smallest absolute Gasteiger partial charge is 0.315 e. The molecule has 0 aliphatic carbocycles. The number of amides is 2. The Labute approximate surface area is 117 Å². The zero-order chi connectivity index (χ0) is 15.0. The summed E-state index contributed by atoms with van der Waals surface area (Å²) in [5.74, 6) is -0.966. The van der Waals surface area contributed by atoms with Crippen molar-refractivity contribution in [1.29, 1.82) is 0 Å². The minimum absolute atomic E-state index is 0.143. The van der Waals surface area contributed by atoms with Gasteiger partial charge in [0.1, 0.15) is 0 Å². The zero-order valence-electron chi connectivity index (χ0n) is 11.5. The minimum Gasteiger partial charge on any atom is -0.481 e. The van der Waals surface area contributed by atoms with Crippen LogP contribution in [0.25, 0.3) is 0 Å². The highest BCUT2D eigenvalue weighted by molar-refractivity contribution is 5.74. The van der Waals surface area contributed by atoms with Crippen molar-refractivity contribution < 1.29 is 19.4 Å². The number of nitrogens with one attached hydrogen (secondary N) is 2. The molecule has 2 amide bonds. The second-order valence-corrected chi connectivity index (χ2v) is 4.32. The normalized spacial score (nSPS) is 11.7. The van der Waals surface area contributed by atoms with Crippen LogP contribution in [-0.2, 0) is 16.1 Å². The highest BCUT2D eigenvalue weighted by atomic mass is 16.5. The Morgan fingerprint density at radius 1 is 1.45 bits per heavy atom. The van der Waals surface area contributed by atoms with Gasteiger partial charge in [-0.1, -0.05) is 0 Å². The number of aromatic nitrogens is 1. The van der Waals surface area contributed by atoms with Crippen molar-refractivity contribution in [2.75, 3.05) is 13.7 Å². The summed E-state index contributed by atoms with van der Waals surface area (Å²) in [6.45, 7) is 2.44. The summed E-state index contributed by atoms with van der Waals surface area (Å²) in [7, 11) is 1.41. The Bertz CT molecular complexity index is 465. The Morgan fingerprint density at radius 2 is 2.20 bits per heavy atom. The van der Waals surface area contributed by atoms with Gasteiger partial charge in [0.25, 0.3) is 0 Å². The molecule has 1 aromatic heterocycles. The number of aryl methyl sites for hydroxylation is 1. The van der Waals surface area contributed by atoms with Crippen LogP contribution in [0.1, 0.15) is 17.5 Å². The molecule has 0 saturated carbocycles. The van der Waals surface area contributed by atoms with Crippen LogP contribution in [0.4, 0.5) is 4.79 Å². The average Bonchev–Trinajstić information content (AvgIpc) is 2.42. The first-order valence-corrected chi connectivity index (χ1v) is 6.18. The van der Waals surface area contributed by atoms with Gasteiger partial charge in [-0.2, -0.15) is 0 Å². The maximum atomic E-state index is 11.6. The number of aliphatic carboxylic acids is 1. The number of ether oxygens (including phenoxy) is 1. The number of hydrogen-bond donors (Lipinski definition) is 3. The van der Waals surface area contributed by atoms with Gasteiger partial charge in [-0.25, -0.2) is 4.79 Å². The van der Waals surface area contributed by atoms with Crippen molar-refractivity contribution in [3.63, 3.8) is 0 Å². The van der Waals surface area contributed by atoms with Gasteiger partial charge in [-0.3, -0.25) is 9.78 Å². The van der Waals surface area contributed by atoms with E-state index in [9.17, 15) is 9.59 Å². The fraction of sp³-hybridized carbons (Fsp3) is 0.462. The van der Waals surface area contributed by atoms with Crippen LogP contribution in [0.2, 0.25) is 0 Å². The highest BCUT2D eigenvalue weighted by Crippen LogP contribution is 2.03. The molecule has 1 rings (SSSR count). The van der Waals surface area contributed by atoms with Crippen molar-refractivity contribution in [2.45, 2.75) is 26.0 Å². The highest BCUT2D eigenvalue weighted by Gasteiger charge is 2.13. The van der Waals surface area contributed by atoms with Crippen molar-refractivity contribution in [2.24, 2.45) is 0 Å². The molecule has 7 heteroatoms. The summed E-state index contributed by atoms with van der Waals surface area (Å²) in [5.41, 5.74) is 1.97. The first-order valence-electron chi connectivity index (χ1n) is 6.18. The molecule has 0 spiro atoms. The molecule has 1 atom stereocenters. The van der Waals surface area contributed by atoms with E-state index in [0.29, 0.717) is 6.54 Å². The summed E-state index contributed by atoms with van der Waals surface area (Å²) >= 11 is 0. The fourth-order valence-electron chi connectivity index (χ4n) is 1.58. The Balaban J connectivity index is 2.33. The lowest BCUT2D eigenvalue weighted by Gasteiger charge is -2.14. The van der Waals surface area contributed by atoms with Gasteiger partial charge >= 0.3 is 12.0 Å². The molecule has 0 aromatic carbocycles. The molecule has 1 heterocycles. The number of carbonyl (C=O) groups is 2. The number of carbonyl (C=O) groups excluding carboxylic acids is 1. The third-order valence-corrected chi connectivity index (χ3v) is 2.80.